The molecule has 0 unspecified atom stereocenters. The lowest BCUT2D eigenvalue weighted by Gasteiger charge is -2.17. The smallest absolute Gasteiger partial charge is 0.180 e. The Morgan fingerprint density at radius 2 is 2.12 bits per heavy atom. The van der Waals surface area contributed by atoms with Crippen molar-refractivity contribution in [2.24, 2.45) is 0 Å². The van der Waals surface area contributed by atoms with Crippen LogP contribution in [0.4, 0.5) is 0 Å². The lowest BCUT2D eigenvalue weighted by Crippen LogP contribution is -2.13. The molecule has 2 nitrogen and oxygen atoms in total. The molecule has 0 radical (unpaired) electrons. The Hall–Kier alpha value is -1.51. The van der Waals surface area contributed by atoms with Crippen LogP contribution in [-0.2, 0) is 5.41 Å². The van der Waals surface area contributed by atoms with Gasteiger partial charge in [-0.1, -0.05) is 31.4 Å². The van der Waals surface area contributed by atoms with E-state index in [9.17, 15) is 4.79 Å². The van der Waals surface area contributed by atoms with Crippen molar-refractivity contribution in [2.75, 3.05) is 0 Å². The minimum atomic E-state index is -0.0293. The number of rotatable bonds is 0. The summed E-state index contributed by atoms with van der Waals surface area (Å²) in [6.07, 6.45) is 0.623. The van der Waals surface area contributed by atoms with E-state index in [0.29, 0.717) is 6.42 Å². The van der Waals surface area contributed by atoms with Crippen molar-refractivity contribution >= 4 is 30.0 Å². The fraction of sp³-hybridized carbons (Fsp3) is 0.308. The van der Waals surface area contributed by atoms with Gasteiger partial charge < -0.3 is 4.98 Å². The van der Waals surface area contributed by atoms with E-state index in [0.717, 1.165) is 11.2 Å². The quantitative estimate of drug-likeness (QED) is 0.654. The summed E-state index contributed by atoms with van der Waals surface area (Å²) < 4.78 is 0. The Bertz CT molecular complexity index is 610. The van der Waals surface area contributed by atoms with Crippen molar-refractivity contribution in [3.63, 3.8) is 0 Å². The Morgan fingerprint density at radius 1 is 1.38 bits per heavy atom. The fourth-order valence-electron chi connectivity index (χ4n) is 2.80. The first-order chi connectivity index (χ1) is 7.49. The highest BCUT2D eigenvalue weighted by Gasteiger charge is 2.38. The van der Waals surface area contributed by atoms with Crippen molar-refractivity contribution < 1.29 is 4.79 Å². The summed E-state index contributed by atoms with van der Waals surface area (Å²) in [5.41, 5.74) is 4.32. The van der Waals surface area contributed by atoms with Gasteiger partial charge in [-0.25, -0.2) is 0 Å². The van der Waals surface area contributed by atoms with E-state index in [2.05, 4.69) is 44.9 Å². The number of aromatic amines is 1. The minimum Gasteiger partial charge on any atom is -0.352 e. The average molecular weight is 211 g/mol. The van der Waals surface area contributed by atoms with Crippen molar-refractivity contribution in [1.82, 2.24) is 4.98 Å². The van der Waals surface area contributed by atoms with Gasteiger partial charge in [-0.15, -0.1) is 0 Å². The monoisotopic (exact) mass is 211 g/mol. The standard InChI is InChI=1S/C13H14BNO/c1-13(2)6-10(16)12-11(13)8-5-7(14)3-4-9(8)15-12/h3-5,15H,6,14H2,1-2H3. The van der Waals surface area contributed by atoms with Gasteiger partial charge in [0.05, 0.1) is 5.69 Å². The second-order valence-corrected chi connectivity index (χ2v) is 5.41. The predicted molar refractivity (Wildman–Crippen MR) is 68.5 cm³/mol. The summed E-state index contributed by atoms with van der Waals surface area (Å²) in [7, 11) is 2.09. The number of hydrogen-bond donors (Lipinski definition) is 1. The van der Waals surface area contributed by atoms with Gasteiger partial charge in [0.15, 0.2) is 5.78 Å². The molecule has 1 N–H and O–H groups in total. The number of aromatic nitrogens is 1. The van der Waals surface area contributed by atoms with Crippen LogP contribution >= 0.6 is 0 Å². The number of ketones is 1. The number of carbonyl (C=O) groups is 1. The van der Waals surface area contributed by atoms with E-state index < -0.39 is 0 Å². The first kappa shape index (κ1) is 9.70. The molecule has 1 aliphatic rings. The van der Waals surface area contributed by atoms with E-state index in [1.807, 2.05) is 0 Å². The number of fused-ring (bicyclic) bond motifs is 3. The van der Waals surface area contributed by atoms with Crippen LogP contribution in [0.3, 0.4) is 0 Å². The van der Waals surface area contributed by atoms with Crippen LogP contribution in [0.5, 0.6) is 0 Å². The summed E-state index contributed by atoms with van der Waals surface area (Å²) in [6, 6.07) is 6.31. The first-order valence-corrected chi connectivity index (χ1v) is 5.65. The number of hydrogen-bond acceptors (Lipinski definition) is 1. The number of Topliss-reactive ketones (excluding diaryl/α,β-unsaturated/α-hetero) is 1. The number of H-pyrrole nitrogens is 1. The van der Waals surface area contributed by atoms with E-state index in [1.165, 1.54) is 16.4 Å². The van der Waals surface area contributed by atoms with E-state index in [-0.39, 0.29) is 11.2 Å². The Kier molecular flexibility index (Phi) is 1.69. The molecule has 0 amide bonds. The van der Waals surface area contributed by atoms with Crippen molar-refractivity contribution in [3.05, 3.63) is 29.5 Å². The van der Waals surface area contributed by atoms with Gasteiger partial charge in [-0.05, 0) is 17.0 Å². The lowest BCUT2D eigenvalue weighted by molar-refractivity contribution is 0.0975. The van der Waals surface area contributed by atoms with Crippen LogP contribution in [-0.4, -0.2) is 18.6 Å². The SMILES string of the molecule is Bc1ccc2[nH]c3c(c2c1)C(C)(C)CC3=O. The van der Waals surface area contributed by atoms with Gasteiger partial charge in [-0.2, -0.15) is 0 Å². The van der Waals surface area contributed by atoms with Gasteiger partial charge in [0.25, 0.3) is 0 Å². The zero-order chi connectivity index (χ0) is 11.5. The Balaban J connectivity index is 2.44. The van der Waals surface area contributed by atoms with Crippen molar-refractivity contribution in [1.29, 1.82) is 0 Å². The van der Waals surface area contributed by atoms with Gasteiger partial charge in [0, 0.05) is 17.3 Å². The topological polar surface area (TPSA) is 32.9 Å². The molecule has 0 atom stereocenters. The van der Waals surface area contributed by atoms with Gasteiger partial charge in [0.2, 0.25) is 0 Å². The van der Waals surface area contributed by atoms with Crippen LogP contribution in [0.15, 0.2) is 18.2 Å². The maximum atomic E-state index is 11.9. The third-order valence-corrected chi connectivity index (χ3v) is 3.51. The highest BCUT2D eigenvalue weighted by atomic mass is 16.1. The molecule has 16 heavy (non-hydrogen) atoms. The average Bonchev–Trinajstić information content (AvgIpc) is 2.64. The molecule has 1 aromatic heterocycles. The first-order valence-electron chi connectivity index (χ1n) is 5.65. The number of nitrogens with one attached hydrogen (secondary N) is 1. The van der Waals surface area contributed by atoms with Crippen LogP contribution in [0.2, 0.25) is 0 Å². The van der Waals surface area contributed by atoms with E-state index in [1.54, 1.807) is 0 Å². The van der Waals surface area contributed by atoms with Crippen molar-refractivity contribution in [2.45, 2.75) is 25.7 Å². The van der Waals surface area contributed by atoms with Crippen molar-refractivity contribution in [3.8, 4) is 0 Å². The molecule has 0 aliphatic heterocycles. The van der Waals surface area contributed by atoms with E-state index >= 15 is 0 Å². The molecular formula is C13H14BNO. The molecule has 3 heteroatoms. The molecule has 0 saturated carbocycles. The van der Waals surface area contributed by atoms with Crippen LogP contribution in [0.1, 0.15) is 36.3 Å². The lowest BCUT2D eigenvalue weighted by atomic mass is 9.84. The second-order valence-electron chi connectivity index (χ2n) is 5.41. The van der Waals surface area contributed by atoms with Gasteiger partial charge in [-0.3, -0.25) is 4.79 Å². The molecular weight excluding hydrogens is 197 g/mol. The summed E-state index contributed by atoms with van der Waals surface area (Å²) in [5.74, 6) is 0.244. The van der Waals surface area contributed by atoms with E-state index in [4.69, 9.17) is 0 Å². The molecule has 0 bridgehead atoms. The molecule has 1 aromatic carbocycles. The normalized spacial score (nSPS) is 18.0. The van der Waals surface area contributed by atoms with Gasteiger partial charge in [0.1, 0.15) is 7.85 Å². The zero-order valence-electron chi connectivity index (χ0n) is 9.85. The maximum absolute atomic E-state index is 11.9. The summed E-state index contributed by atoms with van der Waals surface area (Å²) in [6.45, 7) is 4.29. The molecule has 0 saturated heterocycles. The van der Waals surface area contributed by atoms with Crippen LogP contribution in [0, 0.1) is 0 Å². The third kappa shape index (κ3) is 1.11. The molecule has 1 heterocycles. The Morgan fingerprint density at radius 3 is 2.88 bits per heavy atom. The zero-order valence-corrected chi connectivity index (χ0v) is 9.85. The minimum absolute atomic E-state index is 0.0293. The molecule has 1 aliphatic carbocycles. The predicted octanol–water partition coefficient (Wildman–Crippen LogP) is 1.29. The number of carbonyl (C=O) groups excluding carboxylic acids is 1. The summed E-state index contributed by atoms with van der Waals surface area (Å²) >= 11 is 0. The molecule has 3 rings (SSSR count). The molecule has 0 spiro atoms. The largest absolute Gasteiger partial charge is 0.352 e. The Labute approximate surface area is 95.5 Å². The summed E-state index contributed by atoms with van der Waals surface area (Å²) in [4.78, 5) is 15.2. The third-order valence-electron chi connectivity index (χ3n) is 3.51. The molecule has 2 aromatic rings. The maximum Gasteiger partial charge on any atom is 0.180 e. The van der Waals surface area contributed by atoms with Crippen LogP contribution in [0.25, 0.3) is 10.9 Å². The molecule has 0 fully saturated rings. The highest BCUT2D eigenvalue weighted by molar-refractivity contribution is 6.33. The van der Waals surface area contributed by atoms with Gasteiger partial charge >= 0.3 is 0 Å². The second kappa shape index (κ2) is 2.79. The van der Waals surface area contributed by atoms with Crippen LogP contribution < -0.4 is 5.46 Å². The fourth-order valence-corrected chi connectivity index (χ4v) is 2.80. The highest BCUT2D eigenvalue weighted by Crippen LogP contribution is 2.42. The number of benzene rings is 1. The summed E-state index contributed by atoms with van der Waals surface area (Å²) in [5, 5.41) is 1.21. The molecule has 80 valence electrons.